The number of halogens is 1. The lowest BCUT2D eigenvalue weighted by Crippen LogP contribution is -2.40. The van der Waals surface area contributed by atoms with Crippen molar-refractivity contribution in [3.63, 3.8) is 0 Å². The number of rotatable bonds is 2. The molecule has 4 heteroatoms. The van der Waals surface area contributed by atoms with Gasteiger partial charge in [-0.05, 0) is 50.6 Å². The number of nitrogens with zero attached hydrogens (tertiary/aromatic N) is 1. The Labute approximate surface area is 117 Å². The fourth-order valence-electron chi connectivity index (χ4n) is 1.80. The predicted molar refractivity (Wildman–Crippen MR) is 76.9 cm³/mol. The fraction of sp³-hybridized carbons (Fsp3) is 0.250. The Balaban J connectivity index is 2.28. The summed E-state index contributed by atoms with van der Waals surface area (Å²) in [6.07, 6.45) is 1.45. The van der Waals surface area contributed by atoms with E-state index in [4.69, 9.17) is 0 Å². The van der Waals surface area contributed by atoms with Crippen molar-refractivity contribution < 1.29 is 9.18 Å². The third kappa shape index (κ3) is 3.63. The summed E-state index contributed by atoms with van der Waals surface area (Å²) in [6, 6.07) is 10.1. The van der Waals surface area contributed by atoms with Gasteiger partial charge >= 0.3 is 0 Å². The molecule has 0 spiro atoms. The van der Waals surface area contributed by atoms with Gasteiger partial charge in [-0.25, -0.2) is 4.98 Å². The summed E-state index contributed by atoms with van der Waals surface area (Å²) < 4.78 is 12.8. The van der Waals surface area contributed by atoms with E-state index in [1.807, 2.05) is 26.8 Å². The number of benzene rings is 1. The second-order valence-electron chi connectivity index (χ2n) is 5.65. The number of carbonyl (C=O) groups excluding carboxylic acids is 1. The molecule has 1 aromatic heterocycles. The van der Waals surface area contributed by atoms with Crippen LogP contribution in [0.5, 0.6) is 0 Å². The monoisotopic (exact) mass is 272 g/mol. The molecule has 0 aliphatic rings. The molecule has 0 saturated heterocycles. The Hall–Kier alpha value is -2.23. The third-order valence-electron chi connectivity index (χ3n) is 2.67. The smallest absolute Gasteiger partial charge is 0.251 e. The van der Waals surface area contributed by atoms with E-state index in [-0.39, 0.29) is 11.4 Å². The topological polar surface area (TPSA) is 42.0 Å². The van der Waals surface area contributed by atoms with E-state index in [2.05, 4.69) is 10.3 Å². The number of pyridine rings is 1. The Morgan fingerprint density at radius 3 is 2.50 bits per heavy atom. The predicted octanol–water partition coefficient (Wildman–Crippen LogP) is 3.42. The van der Waals surface area contributed by atoms with Crippen molar-refractivity contribution >= 4 is 5.91 Å². The molecule has 0 radical (unpaired) electrons. The van der Waals surface area contributed by atoms with Gasteiger partial charge in [-0.2, -0.15) is 4.39 Å². The summed E-state index contributed by atoms with van der Waals surface area (Å²) in [5, 5.41) is 2.91. The average Bonchev–Trinajstić information content (AvgIpc) is 2.38. The Morgan fingerprint density at radius 2 is 1.90 bits per heavy atom. The van der Waals surface area contributed by atoms with Gasteiger partial charge in [0, 0.05) is 22.9 Å². The van der Waals surface area contributed by atoms with Gasteiger partial charge in [0.15, 0.2) is 0 Å². The molecule has 0 saturated carbocycles. The minimum Gasteiger partial charge on any atom is -0.347 e. The van der Waals surface area contributed by atoms with E-state index in [1.54, 1.807) is 24.3 Å². The molecule has 2 rings (SSSR count). The summed E-state index contributed by atoms with van der Waals surface area (Å²) in [4.78, 5) is 15.7. The summed E-state index contributed by atoms with van der Waals surface area (Å²) in [7, 11) is 0. The number of carbonyl (C=O) groups is 1. The first-order valence-electron chi connectivity index (χ1n) is 6.40. The second-order valence-corrected chi connectivity index (χ2v) is 5.65. The molecule has 0 unspecified atom stereocenters. The first kappa shape index (κ1) is 14.2. The van der Waals surface area contributed by atoms with Gasteiger partial charge in [-0.1, -0.05) is 12.1 Å². The standard InChI is InChI=1S/C16H17FN2O/c1-16(2,3)19-15(20)12-6-4-5-11(9-12)13-7-8-14(17)18-10-13/h4-10H,1-3H3,(H,19,20). The quantitative estimate of drug-likeness (QED) is 0.851. The van der Waals surface area contributed by atoms with Crippen LogP contribution in [0.15, 0.2) is 42.6 Å². The summed E-state index contributed by atoms with van der Waals surface area (Å²) >= 11 is 0. The Kier molecular flexibility index (Phi) is 3.84. The highest BCUT2D eigenvalue weighted by Gasteiger charge is 2.15. The van der Waals surface area contributed by atoms with E-state index in [0.29, 0.717) is 5.56 Å². The van der Waals surface area contributed by atoms with Gasteiger partial charge in [-0.3, -0.25) is 4.79 Å². The molecule has 2 aromatic rings. The lowest BCUT2D eigenvalue weighted by Gasteiger charge is -2.20. The number of aromatic nitrogens is 1. The van der Waals surface area contributed by atoms with Crippen molar-refractivity contribution in [1.29, 1.82) is 0 Å². The Bertz CT molecular complexity index is 615. The number of nitrogens with one attached hydrogen (secondary N) is 1. The van der Waals surface area contributed by atoms with Crippen molar-refractivity contribution in [2.45, 2.75) is 26.3 Å². The molecule has 1 N–H and O–H groups in total. The summed E-state index contributed by atoms with van der Waals surface area (Å²) in [5.41, 5.74) is 1.89. The van der Waals surface area contributed by atoms with Gasteiger partial charge in [0.05, 0.1) is 0 Å². The zero-order valence-corrected chi connectivity index (χ0v) is 11.8. The van der Waals surface area contributed by atoms with Gasteiger partial charge in [-0.15, -0.1) is 0 Å². The van der Waals surface area contributed by atoms with Crippen LogP contribution in [-0.4, -0.2) is 16.4 Å². The molecular formula is C16H17FN2O. The van der Waals surface area contributed by atoms with Crippen molar-refractivity contribution in [2.24, 2.45) is 0 Å². The van der Waals surface area contributed by atoms with Crippen LogP contribution < -0.4 is 5.32 Å². The molecule has 0 bridgehead atoms. The lowest BCUT2D eigenvalue weighted by atomic mass is 10.0. The first-order valence-corrected chi connectivity index (χ1v) is 6.40. The molecule has 0 aliphatic carbocycles. The molecule has 1 heterocycles. The maximum Gasteiger partial charge on any atom is 0.251 e. The number of hydrogen-bond acceptors (Lipinski definition) is 2. The minimum absolute atomic E-state index is 0.130. The van der Waals surface area contributed by atoms with E-state index in [9.17, 15) is 9.18 Å². The molecule has 1 amide bonds. The van der Waals surface area contributed by atoms with Crippen molar-refractivity contribution in [3.05, 3.63) is 54.1 Å². The van der Waals surface area contributed by atoms with E-state index < -0.39 is 5.95 Å². The molecule has 0 aliphatic heterocycles. The van der Waals surface area contributed by atoms with Crippen LogP contribution in [0.1, 0.15) is 31.1 Å². The summed E-state index contributed by atoms with van der Waals surface area (Å²) in [5.74, 6) is -0.648. The van der Waals surface area contributed by atoms with Crippen molar-refractivity contribution in [1.82, 2.24) is 10.3 Å². The molecule has 104 valence electrons. The van der Waals surface area contributed by atoms with Crippen LogP contribution in [0.25, 0.3) is 11.1 Å². The maximum absolute atomic E-state index is 12.8. The van der Waals surface area contributed by atoms with E-state index in [1.165, 1.54) is 12.3 Å². The maximum atomic E-state index is 12.8. The van der Waals surface area contributed by atoms with E-state index >= 15 is 0 Å². The SMILES string of the molecule is CC(C)(C)NC(=O)c1cccc(-c2ccc(F)nc2)c1. The normalized spacial score (nSPS) is 11.2. The highest BCUT2D eigenvalue weighted by molar-refractivity contribution is 5.95. The summed E-state index contributed by atoms with van der Waals surface area (Å²) in [6.45, 7) is 5.79. The highest BCUT2D eigenvalue weighted by atomic mass is 19.1. The molecule has 1 aromatic carbocycles. The molecule has 0 atom stereocenters. The van der Waals surface area contributed by atoms with E-state index in [0.717, 1.165) is 11.1 Å². The van der Waals surface area contributed by atoms with Crippen LogP contribution in [0.2, 0.25) is 0 Å². The molecular weight excluding hydrogens is 255 g/mol. The van der Waals surface area contributed by atoms with Crippen LogP contribution >= 0.6 is 0 Å². The van der Waals surface area contributed by atoms with Crippen molar-refractivity contribution in [3.8, 4) is 11.1 Å². The van der Waals surface area contributed by atoms with Crippen molar-refractivity contribution in [2.75, 3.05) is 0 Å². The van der Waals surface area contributed by atoms with Crippen LogP contribution in [0.3, 0.4) is 0 Å². The first-order chi connectivity index (χ1) is 9.35. The zero-order valence-electron chi connectivity index (χ0n) is 11.8. The largest absolute Gasteiger partial charge is 0.347 e. The van der Waals surface area contributed by atoms with Crippen LogP contribution in [0.4, 0.5) is 4.39 Å². The molecule has 20 heavy (non-hydrogen) atoms. The minimum atomic E-state index is -0.518. The van der Waals surface area contributed by atoms with Gasteiger partial charge in [0.1, 0.15) is 0 Å². The van der Waals surface area contributed by atoms with Gasteiger partial charge < -0.3 is 5.32 Å². The lowest BCUT2D eigenvalue weighted by molar-refractivity contribution is 0.0919. The van der Waals surface area contributed by atoms with Crippen LogP contribution in [0, 0.1) is 5.95 Å². The Morgan fingerprint density at radius 1 is 1.15 bits per heavy atom. The van der Waals surface area contributed by atoms with Crippen LogP contribution in [-0.2, 0) is 0 Å². The van der Waals surface area contributed by atoms with Gasteiger partial charge in [0.2, 0.25) is 5.95 Å². The van der Waals surface area contributed by atoms with Gasteiger partial charge in [0.25, 0.3) is 5.91 Å². The number of amides is 1. The number of hydrogen-bond donors (Lipinski definition) is 1. The third-order valence-corrected chi connectivity index (χ3v) is 2.67. The molecule has 0 fully saturated rings. The average molecular weight is 272 g/mol. The second kappa shape index (κ2) is 5.41. The fourth-order valence-corrected chi connectivity index (χ4v) is 1.80. The highest BCUT2D eigenvalue weighted by Crippen LogP contribution is 2.20. The zero-order chi connectivity index (χ0) is 14.8. The molecule has 3 nitrogen and oxygen atoms in total.